The van der Waals surface area contributed by atoms with Gasteiger partial charge in [0.25, 0.3) is 5.56 Å². The second kappa shape index (κ2) is 5.40. The van der Waals surface area contributed by atoms with Crippen molar-refractivity contribution in [2.75, 3.05) is 0 Å². The SMILES string of the molecule is Cc1cc(C(F)(F)F)c(C)cc1-n1c(=O)c(C)c(C)n(C)c1=O. The number of aryl methyl sites for hydroxylation is 2. The lowest BCUT2D eigenvalue weighted by atomic mass is 10.0. The third-order valence-electron chi connectivity index (χ3n) is 4.14. The fourth-order valence-corrected chi connectivity index (χ4v) is 2.51. The summed E-state index contributed by atoms with van der Waals surface area (Å²) in [5.41, 5.74) is -0.623. The van der Waals surface area contributed by atoms with E-state index >= 15 is 0 Å². The van der Waals surface area contributed by atoms with Crippen LogP contribution in [0.3, 0.4) is 0 Å². The smallest absolute Gasteiger partial charge is 0.300 e. The molecule has 4 nitrogen and oxygen atoms in total. The maximum atomic E-state index is 13.0. The lowest BCUT2D eigenvalue weighted by Gasteiger charge is -2.17. The van der Waals surface area contributed by atoms with Gasteiger partial charge >= 0.3 is 11.9 Å². The van der Waals surface area contributed by atoms with Crippen LogP contribution in [-0.4, -0.2) is 9.13 Å². The minimum absolute atomic E-state index is 0.0368. The van der Waals surface area contributed by atoms with Gasteiger partial charge < -0.3 is 4.57 Å². The van der Waals surface area contributed by atoms with Gasteiger partial charge in [0.2, 0.25) is 0 Å². The molecule has 0 unspecified atom stereocenters. The van der Waals surface area contributed by atoms with Crippen LogP contribution in [0.25, 0.3) is 5.69 Å². The molecule has 0 aliphatic rings. The normalized spacial score (nSPS) is 11.8. The molecule has 0 aliphatic carbocycles. The standard InChI is InChI=1S/C16H17F3N2O2/c1-8-7-13(9(2)6-12(8)16(17,18)19)21-14(22)10(3)11(4)20(5)15(21)23/h6-7H,1-5H3. The molecule has 0 aliphatic heterocycles. The maximum absolute atomic E-state index is 13.0. The van der Waals surface area contributed by atoms with E-state index in [1.54, 1.807) is 13.8 Å². The average Bonchev–Trinajstić information content (AvgIpc) is 2.45. The lowest BCUT2D eigenvalue weighted by Crippen LogP contribution is -2.40. The van der Waals surface area contributed by atoms with Gasteiger partial charge in [-0.25, -0.2) is 9.36 Å². The van der Waals surface area contributed by atoms with Crippen LogP contribution in [0.2, 0.25) is 0 Å². The Kier molecular flexibility index (Phi) is 4.00. The predicted octanol–water partition coefficient (Wildman–Crippen LogP) is 2.79. The first-order valence-electron chi connectivity index (χ1n) is 6.95. The van der Waals surface area contributed by atoms with Crippen molar-refractivity contribution in [1.82, 2.24) is 9.13 Å². The van der Waals surface area contributed by atoms with Crippen molar-refractivity contribution in [3.8, 4) is 5.69 Å². The lowest BCUT2D eigenvalue weighted by molar-refractivity contribution is -0.138. The summed E-state index contributed by atoms with van der Waals surface area (Å²) in [6.45, 7) is 5.99. The number of nitrogens with zero attached hydrogens (tertiary/aromatic N) is 2. The molecular formula is C16H17F3N2O2. The summed E-state index contributed by atoms with van der Waals surface area (Å²) in [7, 11) is 1.52. The first-order chi connectivity index (χ1) is 10.5. The van der Waals surface area contributed by atoms with E-state index in [0.29, 0.717) is 11.3 Å². The maximum Gasteiger partial charge on any atom is 0.416 e. The topological polar surface area (TPSA) is 44.0 Å². The van der Waals surface area contributed by atoms with Gasteiger partial charge in [-0.1, -0.05) is 0 Å². The van der Waals surface area contributed by atoms with Crippen LogP contribution in [0.5, 0.6) is 0 Å². The zero-order valence-electron chi connectivity index (χ0n) is 13.5. The monoisotopic (exact) mass is 326 g/mol. The van der Waals surface area contributed by atoms with Crippen LogP contribution >= 0.6 is 0 Å². The van der Waals surface area contributed by atoms with E-state index in [4.69, 9.17) is 0 Å². The zero-order valence-corrected chi connectivity index (χ0v) is 13.5. The average molecular weight is 326 g/mol. The van der Waals surface area contributed by atoms with Crippen molar-refractivity contribution in [2.45, 2.75) is 33.9 Å². The van der Waals surface area contributed by atoms with Gasteiger partial charge in [-0.15, -0.1) is 0 Å². The fraction of sp³-hybridized carbons (Fsp3) is 0.375. The first kappa shape index (κ1) is 17.1. The molecule has 1 heterocycles. The molecular weight excluding hydrogens is 309 g/mol. The Hall–Kier alpha value is -2.31. The van der Waals surface area contributed by atoms with Crippen molar-refractivity contribution in [3.63, 3.8) is 0 Å². The molecule has 7 heteroatoms. The van der Waals surface area contributed by atoms with Crippen LogP contribution in [-0.2, 0) is 13.2 Å². The van der Waals surface area contributed by atoms with E-state index < -0.39 is 23.0 Å². The van der Waals surface area contributed by atoms with Crippen molar-refractivity contribution in [3.05, 3.63) is 60.9 Å². The van der Waals surface area contributed by atoms with Crippen LogP contribution in [0.15, 0.2) is 21.7 Å². The van der Waals surface area contributed by atoms with Gasteiger partial charge in [-0.2, -0.15) is 13.2 Å². The second-order valence-electron chi connectivity index (χ2n) is 5.64. The quantitative estimate of drug-likeness (QED) is 0.809. The highest BCUT2D eigenvalue weighted by Gasteiger charge is 2.33. The summed E-state index contributed by atoms with van der Waals surface area (Å²) in [6, 6.07) is 2.20. The van der Waals surface area contributed by atoms with Crippen LogP contribution in [0, 0.1) is 27.7 Å². The molecule has 0 fully saturated rings. The van der Waals surface area contributed by atoms with E-state index in [-0.39, 0.29) is 16.8 Å². The zero-order chi connectivity index (χ0) is 17.7. The predicted molar refractivity (Wildman–Crippen MR) is 81.2 cm³/mol. The summed E-state index contributed by atoms with van der Waals surface area (Å²) in [5, 5.41) is 0. The summed E-state index contributed by atoms with van der Waals surface area (Å²) < 4.78 is 41.1. The van der Waals surface area contributed by atoms with Gasteiger partial charge in [-0.05, 0) is 51.0 Å². The van der Waals surface area contributed by atoms with Gasteiger partial charge in [0, 0.05) is 18.3 Å². The summed E-state index contributed by atoms with van der Waals surface area (Å²) in [5.74, 6) is 0. The Morgan fingerprint density at radius 3 is 2.04 bits per heavy atom. The molecule has 0 saturated heterocycles. The van der Waals surface area contributed by atoms with E-state index in [0.717, 1.165) is 10.6 Å². The molecule has 124 valence electrons. The van der Waals surface area contributed by atoms with Crippen LogP contribution < -0.4 is 11.2 Å². The van der Waals surface area contributed by atoms with E-state index in [2.05, 4.69) is 0 Å². The molecule has 0 radical (unpaired) electrons. The minimum Gasteiger partial charge on any atom is -0.300 e. The molecule has 1 aromatic heterocycles. The molecule has 2 rings (SSSR count). The third-order valence-corrected chi connectivity index (χ3v) is 4.14. The Balaban J connectivity index is 2.88. The van der Waals surface area contributed by atoms with Crippen molar-refractivity contribution < 1.29 is 13.2 Å². The molecule has 0 amide bonds. The van der Waals surface area contributed by atoms with Gasteiger partial charge in [0.1, 0.15) is 0 Å². The number of hydrogen-bond donors (Lipinski definition) is 0. The molecule has 0 spiro atoms. The van der Waals surface area contributed by atoms with Gasteiger partial charge in [0.15, 0.2) is 0 Å². The van der Waals surface area contributed by atoms with Crippen LogP contribution in [0.4, 0.5) is 13.2 Å². The minimum atomic E-state index is -4.48. The van der Waals surface area contributed by atoms with E-state index in [9.17, 15) is 22.8 Å². The Bertz CT molecular complexity index is 868. The highest BCUT2D eigenvalue weighted by atomic mass is 19.4. The third kappa shape index (κ3) is 2.71. The number of aromatic nitrogens is 2. The number of halogens is 3. The number of rotatable bonds is 1. The number of alkyl halides is 3. The molecule has 0 atom stereocenters. The first-order valence-corrected chi connectivity index (χ1v) is 6.95. The summed E-state index contributed by atoms with van der Waals surface area (Å²) in [4.78, 5) is 24.8. The largest absolute Gasteiger partial charge is 0.416 e. The Labute approximate surface area is 130 Å². The molecule has 23 heavy (non-hydrogen) atoms. The van der Waals surface area contributed by atoms with Crippen molar-refractivity contribution in [1.29, 1.82) is 0 Å². The molecule has 0 bridgehead atoms. The summed E-state index contributed by atoms with van der Waals surface area (Å²) in [6.07, 6.45) is -4.48. The Morgan fingerprint density at radius 2 is 1.52 bits per heavy atom. The highest BCUT2D eigenvalue weighted by molar-refractivity contribution is 5.48. The van der Waals surface area contributed by atoms with E-state index in [1.807, 2.05) is 0 Å². The Morgan fingerprint density at radius 1 is 0.957 bits per heavy atom. The number of hydrogen-bond acceptors (Lipinski definition) is 2. The summed E-state index contributed by atoms with van der Waals surface area (Å²) >= 11 is 0. The highest BCUT2D eigenvalue weighted by Crippen LogP contribution is 2.33. The second-order valence-corrected chi connectivity index (χ2v) is 5.64. The van der Waals surface area contributed by atoms with Crippen molar-refractivity contribution >= 4 is 0 Å². The van der Waals surface area contributed by atoms with Crippen molar-refractivity contribution in [2.24, 2.45) is 7.05 Å². The fourth-order valence-electron chi connectivity index (χ4n) is 2.51. The molecule has 1 aromatic carbocycles. The molecule has 2 aromatic rings. The van der Waals surface area contributed by atoms with Gasteiger partial charge in [0.05, 0.1) is 11.3 Å². The van der Waals surface area contributed by atoms with Gasteiger partial charge in [-0.3, -0.25) is 4.79 Å². The molecule has 0 saturated carbocycles. The van der Waals surface area contributed by atoms with E-state index in [1.165, 1.54) is 31.5 Å². The van der Waals surface area contributed by atoms with Crippen LogP contribution in [0.1, 0.15) is 27.9 Å². The number of benzene rings is 1. The molecule has 0 N–H and O–H groups in total.